The van der Waals surface area contributed by atoms with Gasteiger partial charge in [-0.2, -0.15) is 0 Å². The molecule has 0 spiro atoms. The molecule has 0 aliphatic rings. The largest absolute Gasteiger partial charge is 0.573 e. The van der Waals surface area contributed by atoms with Crippen molar-refractivity contribution in [2.45, 2.75) is 19.6 Å². The average Bonchev–Trinajstić information content (AvgIpc) is 3.32. The lowest BCUT2D eigenvalue weighted by Crippen LogP contribution is -2.17. The van der Waals surface area contributed by atoms with Crippen LogP contribution in [-0.2, 0) is 18.0 Å². The number of furan rings is 1. The van der Waals surface area contributed by atoms with Gasteiger partial charge in [-0.15, -0.1) is 13.2 Å². The van der Waals surface area contributed by atoms with Crippen LogP contribution in [0.4, 0.5) is 18.9 Å². The lowest BCUT2D eigenvalue weighted by atomic mass is 10.1. The standard InChI is InChI=1S/C28H20F3N3O5/c29-28(30,31)39-22-8-4-7-19(11-22)34-27(35)24-16-37-25-13-21(9-10-23(24)25)38-26-12-20(32-17-33-26)15-36-14-18-5-2-1-3-6-18/h1-13,16-17H,14-15H2,(H,34,35). The number of hydrogen-bond acceptors (Lipinski definition) is 7. The van der Waals surface area contributed by atoms with Crippen molar-refractivity contribution >= 4 is 22.6 Å². The first-order chi connectivity index (χ1) is 18.8. The Kier molecular flexibility index (Phi) is 7.41. The van der Waals surface area contributed by atoms with Crippen molar-refractivity contribution in [3.63, 3.8) is 0 Å². The van der Waals surface area contributed by atoms with Crippen LogP contribution in [0.3, 0.4) is 0 Å². The highest BCUT2D eigenvalue weighted by Gasteiger charge is 2.31. The van der Waals surface area contributed by atoms with Crippen LogP contribution in [0.15, 0.2) is 95.9 Å². The Hall–Kier alpha value is -4.90. The summed E-state index contributed by atoms with van der Waals surface area (Å²) in [5, 5.41) is 3.03. The number of hydrogen-bond donors (Lipinski definition) is 1. The van der Waals surface area contributed by atoms with Gasteiger partial charge in [0.05, 0.1) is 24.5 Å². The summed E-state index contributed by atoms with van der Waals surface area (Å²) in [6.45, 7) is 0.716. The van der Waals surface area contributed by atoms with Crippen molar-refractivity contribution in [2.75, 3.05) is 5.32 Å². The van der Waals surface area contributed by atoms with Gasteiger partial charge in [0.15, 0.2) is 0 Å². The third kappa shape index (κ3) is 6.90. The molecule has 5 rings (SSSR count). The quantitative estimate of drug-likeness (QED) is 0.220. The summed E-state index contributed by atoms with van der Waals surface area (Å²) in [6, 6.07) is 21.3. The molecule has 0 fully saturated rings. The van der Waals surface area contributed by atoms with Crippen molar-refractivity contribution in [2.24, 2.45) is 0 Å². The number of nitrogens with zero attached hydrogens (tertiary/aromatic N) is 2. The summed E-state index contributed by atoms with van der Waals surface area (Å²) in [5.41, 5.74) is 2.37. The fraction of sp³-hybridized carbons (Fsp3) is 0.107. The summed E-state index contributed by atoms with van der Waals surface area (Å²) in [5.74, 6) is -0.305. The molecule has 39 heavy (non-hydrogen) atoms. The summed E-state index contributed by atoms with van der Waals surface area (Å²) >= 11 is 0. The van der Waals surface area contributed by atoms with Gasteiger partial charge < -0.3 is 23.9 Å². The number of alkyl halides is 3. The molecule has 0 saturated carbocycles. The average molecular weight is 535 g/mol. The Bertz CT molecular complexity index is 1590. The number of aromatic nitrogens is 2. The van der Waals surface area contributed by atoms with Gasteiger partial charge in [0.2, 0.25) is 5.88 Å². The minimum atomic E-state index is -4.84. The molecule has 0 saturated heterocycles. The topological polar surface area (TPSA) is 95.7 Å². The lowest BCUT2D eigenvalue weighted by molar-refractivity contribution is -0.274. The Morgan fingerprint density at radius 1 is 0.897 bits per heavy atom. The molecule has 1 amide bonds. The molecule has 0 aliphatic heterocycles. The molecule has 1 N–H and O–H groups in total. The van der Waals surface area contributed by atoms with E-state index in [9.17, 15) is 18.0 Å². The highest BCUT2D eigenvalue weighted by Crippen LogP contribution is 2.30. The number of anilines is 1. The number of benzene rings is 3. The zero-order valence-electron chi connectivity index (χ0n) is 20.1. The monoisotopic (exact) mass is 535 g/mol. The maximum absolute atomic E-state index is 12.8. The minimum Gasteiger partial charge on any atom is -0.463 e. The molecule has 11 heteroatoms. The van der Waals surface area contributed by atoms with E-state index in [0.29, 0.717) is 34.9 Å². The van der Waals surface area contributed by atoms with E-state index in [0.717, 1.165) is 17.7 Å². The summed E-state index contributed by atoms with van der Waals surface area (Å²) in [7, 11) is 0. The Morgan fingerprint density at radius 2 is 1.74 bits per heavy atom. The number of fused-ring (bicyclic) bond motifs is 1. The van der Waals surface area contributed by atoms with Crippen LogP contribution in [0, 0.1) is 0 Å². The van der Waals surface area contributed by atoms with Crippen molar-refractivity contribution < 1.29 is 36.6 Å². The molecule has 2 aromatic heterocycles. The molecular weight excluding hydrogens is 515 g/mol. The van der Waals surface area contributed by atoms with Gasteiger partial charge in [-0.1, -0.05) is 36.4 Å². The van der Waals surface area contributed by atoms with Crippen LogP contribution >= 0.6 is 0 Å². The van der Waals surface area contributed by atoms with E-state index in [1.165, 1.54) is 24.7 Å². The van der Waals surface area contributed by atoms with E-state index < -0.39 is 18.0 Å². The van der Waals surface area contributed by atoms with Gasteiger partial charge in [0.1, 0.15) is 29.7 Å². The van der Waals surface area contributed by atoms with E-state index in [-0.39, 0.29) is 17.9 Å². The molecule has 0 atom stereocenters. The molecule has 5 aromatic rings. The Labute approximate surface area is 220 Å². The zero-order chi connectivity index (χ0) is 27.2. The van der Waals surface area contributed by atoms with Crippen molar-refractivity contribution in [1.29, 1.82) is 0 Å². The molecule has 2 heterocycles. The third-order valence-electron chi connectivity index (χ3n) is 5.40. The van der Waals surface area contributed by atoms with Crippen LogP contribution in [0.5, 0.6) is 17.4 Å². The highest BCUT2D eigenvalue weighted by atomic mass is 19.4. The summed E-state index contributed by atoms with van der Waals surface area (Å²) < 4.78 is 58.4. The van der Waals surface area contributed by atoms with E-state index in [1.54, 1.807) is 24.3 Å². The summed E-state index contributed by atoms with van der Waals surface area (Å²) in [6.07, 6.45) is -2.21. The predicted octanol–water partition coefficient (Wildman–Crippen LogP) is 6.88. The van der Waals surface area contributed by atoms with Crippen LogP contribution in [0.2, 0.25) is 0 Å². The number of halogens is 3. The normalized spacial score (nSPS) is 11.4. The molecular formula is C28H20F3N3O5. The van der Waals surface area contributed by atoms with Gasteiger partial charge >= 0.3 is 6.36 Å². The second kappa shape index (κ2) is 11.2. The van der Waals surface area contributed by atoms with Crippen LogP contribution in [-0.4, -0.2) is 22.2 Å². The molecule has 0 radical (unpaired) electrons. The van der Waals surface area contributed by atoms with E-state index >= 15 is 0 Å². The SMILES string of the molecule is O=C(Nc1cccc(OC(F)(F)F)c1)c1coc2cc(Oc3cc(COCc4ccccc4)ncn3)ccc12. The van der Waals surface area contributed by atoms with Crippen LogP contribution in [0.1, 0.15) is 21.6 Å². The van der Waals surface area contributed by atoms with Gasteiger partial charge in [-0.3, -0.25) is 4.79 Å². The first-order valence-corrected chi connectivity index (χ1v) is 11.6. The van der Waals surface area contributed by atoms with Crippen LogP contribution < -0.4 is 14.8 Å². The van der Waals surface area contributed by atoms with Crippen molar-refractivity contribution in [1.82, 2.24) is 9.97 Å². The second-order valence-electron chi connectivity index (χ2n) is 8.27. The highest BCUT2D eigenvalue weighted by molar-refractivity contribution is 6.12. The van der Waals surface area contributed by atoms with Gasteiger partial charge in [-0.05, 0) is 29.8 Å². The van der Waals surface area contributed by atoms with Crippen molar-refractivity contribution in [3.8, 4) is 17.4 Å². The second-order valence-corrected chi connectivity index (χ2v) is 8.27. The Morgan fingerprint density at radius 3 is 2.56 bits per heavy atom. The Balaban J connectivity index is 1.23. The molecule has 0 bridgehead atoms. The first-order valence-electron chi connectivity index (χ1n) is 11.6. The van der Waals surface area contributed by atoms with Crippen LogP contribution in [0.25, 0.3) is 11.0 Å². The number of amides is 1. The molecule has 8 nitrogen and oxygen atoms in total. The fourth-order valence-corrected chi connectivity index (χ4v) is 3.70. The molecule has 198 valence electrons. The number of nitrogens with one attached hydrogen (secondary N) is 1. The fourth-order valence-electron chi connectivity index (χ4n) is 3.70. The van der Waals surface area contributed by atoms with E-state index in [1.807, 2.05) is 30.3 Å². The third-order valence-corrected chi connectivity index (χ3v) is 5.40. The maximum Gasteiger partial charge on any atom is 0.573 e. The smallest absolute Gasteiger partial charge is 0.463 e. The molecule has 0 aliphatic carbocycles. The number of carbonyl (C=O) groups excluding carboxylic acids is 1. The first kappa shape index (κ1) is 25.7. The van der Waals surface area contributed by atoms with Gasteiger partial charge in [0.25, 0.3) is 5.91 Å². The molecule has 3 aromatic carbocycles. The van der Waals surface area contributed by atoms with E-state index in [4.69, 9.17) is 13.9 Å². The number of rotatable bonds is 9. The predicted molar refractivity (Wildman–Crippen MR) is 134 cm³/mol. The minimum absolute atomic E-state index is 0.128. The zero-order valence-corrected chi connectivity index (χ0v) is 20.1. The number of ether oxygens (including phenoxy) is 3. The number of carbonyl (C=O) groups is 1. The van der Waals surface area contributed by atoms with E-state index in [2.05, 4.69) is 20.0 Å². The molecule has 0 unspecified atom stereocenters. The maximum atomic E-state index is 12.8. The lowest BCUT2D eigenvalue weighted by Gasteiger charge is -2.10. The summed E-state index contributed by atoms with van der Waals surface area (Å²) in [4.78, 5) is 21.1. The van der Waals surface area contributed by atoms with Crippen molar-refractivity contribution in [3.05, 3.63) is 108 Å². The van der Waals surface area contributed by atoms with Gasteiger partial charge in [-0.25, -0.2) is 9.97 Å². The van der Waals surface area contributed by atoms with Gasteiger partial charge in [0, 0.05) is 29.3 Å².